The number of rotatable bonds is 5. The summed E-state index contributed by atoms with van der Waals surface area (Å²) in [7, 11) is 1.27. The number of fused-ring (bicyclic) bond motifs is 1. The summed E-state index contributed by atoms with van der Waals surface area (Å²) in [5.41, 5.74) is -1.13. The summed E-state index contributed by atoms with van der Waals surface area (Å²) in [5.74, 6) is -0.934. The van der Waals surface area contributed by atoms with Crippen LogP contribution in [-0.2, 0) is 12.6 Å². The summed E-state index contributed by atoms with van der Waals surface area (Å²) in [5, 5.41) is 12.0. The van der Waals surface area contributed by atoms with Gasteiger partial charge in [0.05, 0.1) is 19.0 Å². The first-order valence-corrected chi connectivity index (χ1v) is 10.8. The minimum absolute atomic E-state index is 0.0782. The Morgan fingerprint density at radius 2 is 1.73 bits per heavy atom. The van der Waals surface area contributed by atoms with Gasteiger partial charge in [0, 0.05) is 25.1 Å². The number of anilines is 1. The highest BCUT2D eigenvalue weighted by molar-refractivity contribution is 5.65. The maximum Gasteiger partial charge on any atom is 0.422 e. The molecule has 1 aliphatic carbocycles. The molecule has 1 aliphatic heterocycles. The van der Waals surface area contributed by atoms with Crippen LogP contribution in [0.15, 0.2) is 18.3 Å². The average Bonchev–Trinajstić information content (AvgIpc) is 3.52. The Labute approximate surface area is 186 Å². The topological polar surface area (TPSA) is 55.5 Å². The Hall–Kier alpha value is -2.98. The highest BCUT2D eigenvalue weighted by atomic mass is 19.4. The van der Waals surface area contributed by atoms with Crippen molar-refractivity contribution < 1.29 is 26.7 Å². The highest BCUT2D eigenvalue weighted by Crippen LogP contribution is 2.43. The van der Waals surface area contributed by atoms with Crippen LogP contribution < -0.4 is 9.64 Å². The number of aromatic nitrogens is 4. The number of halogens is 5. The number of nitrogens with zero attached hydrogens (tertiary/aromatic N) is 5. The molecule has 3 heterocycles. The van der Waals surface area contributed by atoms with Crippen LogP contribution in [0.2, 0.25) is 0 Å². The maximum absolute atomic E-state index is 14.5. The molecule has 1 saturated carbocycles. The number of hydrogen-bond acceptors (Lipinski definition) is 5. The molecule has 1 aromatic carbocycles. The van der Waals surface area contributed by atoms with Crippen LogP contribution in [0, 0.1) is 17.6 Å². The molecule has 33 heavy (non-hydrogen) atoms. The van der Waals surface area contributed by atoms with E-state index in [1.807, 2.05) is 0 Å². The fourth-order valence-corrected chi connectivity index (χ4v) is 4.65. The number of ether oxygens (including phenoxy) is 1. The first-order valence-electron chi connectivity index (χ1n) is 10.8. The fourth-order valence-electron chi connectivity index (χ4n) is 4.65. The summed E-state index contributed by atoms with van der Waals surface area (Å²) in [4.78, 5) is 1.57. The van der Waals surface area contributed by atoms with Gasteiger partial charge in [0.2, 0.25) is 0 Å². The Bertz CT molecular complexity index is 1180. The third kappa shape index (κ3) is 3.97. The summed E-state index contributed by atoms with van der Waals surface area (Å²) >= 11 is 0. The van der Waals surface area contributed by atoms with Crippen molar-refractivity contribution in [2.45, 2.75) is 44.2 Å². The van der Waals surface area contributed by atoms with Gasteiger partial charge < -0.3 is 9.64 Å². The zero-order chi connectivity index (χ0) is 23.3. The molecule has 2 aliphatic rings. The van der Waals surface area contributed by atoms with Crippen LogP contribution in [0.1, 0.15) is 48.6 Å². The van der Waals surface area contributed by atoms with Gasteiger partial charge >= 0.3 is 6.18 Å². The van der Waals surface area contributed by atoms with E-state index >= 15 is 0 Å². The molecule has 11 heteroatoms. The van der Waals surface area contributed by atoms with Gasteiger partial charge in [-0.3, -0.25) is 0 Å². The molecule has 1 saturated heterocycles. The molecule has 3 aromatic rings. The van der Waals surface area contributed by atoms with Crippen molar-refractivity contribution >= 4 is 11.3 Å². The predicted molar refractivity (Wildman–Crippen MR) is 109 cm³/mol. The Morgan fingerprint density at radius 3 is 2.36 bits per heavy atom. The molecule has 0 radical (unpaired) electrons. The molecule has 2 fully saturated rings. The van der Waals surface area contributed by atoms with Crippen LogP contribution in [0.25, 0.3) is 5.65 Å². The van der Waals surface area contributed by atoms with Crippen molar-refractivity contribution in [3.63, 3.8) is 0 Å². The Balaban J connectivity index is 1.45. The van der Waals surface area contributed by atoms with Gasteiger partial charge in [-0.15, -0.1) is 10.2 Å². The van der Waals surface area contributed by atoms with E-state index in [-0.39, 0.29) is 41.7 Å². The summed E-state index contributed by atoms with van der Waals surface area (Å²) in [6.07, 6.45) is -0.165. The molecule has 0 bridgehead atoms. The Kier molecular flexibility index (Phi) is 5.37. The smallest absolute Gasteiger partial charge is 0.422 e. The van der Waals surface area contributed by atoms with Crippen LogP contribution in [-0.4, -0.2) is 40.0 Å². The molecule has 0 unspecified atom stereocenters. The molecule has 0 spiro atoms. The third-order valence-corrected chi connectivity index (χ3v) is 6.47. The highest BCUT2D eigenvalue weighted by Gasteiger charge is 2.41. The molecule has 6 nitrogen and oxygen atoms in total. The van der Waals surface area contributed by atoms with Crippen LogP contribution in [0.3, 0.4) is 0 Å². The second-order valence-corrected chi connectivity index (χ2v) is 8.64. The van der Waals surface area contributed by atoms with E-state index in [9.17, 15) is 22.0 Å². The quantitative estimate of drug-likeness (QED) is 0.507. The molecule has 0 atom stereocenters. The number of alkyl halides is 3. The van der Waals surface area contributed by atoms with Crippen LogP contribution in [0.5, 0.6) is 5.75 Å². The second-order valence-electron chi connectivity index (χ2n) is 8.64. The molecular formula is C22H22F5N5O. The fraction of sp³-hybridized carbons (Fsp3) is 0.500. The largest absolute Gasteiger partial charge is 0.493 e. The molecule has 176 valence electrons. The van der Waals surface area contributed by atoms with Crippen molar-refractivity contribution in [1.29, 1.82) is 0 Å². The van der Waals surface area contributed by atoms with Crippen molar-refractivity contribution in [3.8, 4) is 5.75 Å². The van der Waals surface area contributed by atoms with E-state index in [0.29, 0.717) is 31.0 Å². The van der Waals surface area contributed by atoms with Crippen molar-refractivity contribution in [2.75, 3.05) is 25.1 Å². The SMILES string of the molecule is COc1c(F)ccc(F)c1C1CCN(c2cnn3c(CC4CC4)nnc3c2C(F)(F)F)CC1. The minimum atomic E-state index is -4.65. The first kappa shape index (κ1) is 21.8. The molecule has 2 aromatic heterocycles. The van der Waals surface area contributed by atoms with E-state index in [4.69, 9.17) is 4.74 Å². The lowest BCUT2D eigenvalue weighted by Crippen LogP contribution is -2.35. The van der Waals surface area contributed by atoms with E-state index in [1.165, 1.54) is 17.8 Å². The van der Waals surface area contributed by atoms with E-state index in [0.717, 1.165) is 25.0 Å². The van der Waals surface area contributed by atoms with Gasteiger partial charge in [-0.25, -0.2) is 8.78 Å². The minimum Gasteiger partial charge on any atom is -0.493 e. The standard InChI is InChI=1S/C22H22F5N5O/c1-33-20-15(24)5-4-14(23)18(20)13-6-8-31(9-7-13)16-11-28-32-17(10-12-2-3-12)29-30-21(32)19(16)22(25,26)27/h4-5,11-13H,2-3,6-10H2,1H3. The second kappa shape index (κ2) is 8.11. The van der Waals surface area contributed by atoms with Crippen molar-refractivity contribution in [2.24, 2.45) is 5.92 Å². The van der Waals surface area contributed by atoms with E-state index < -0.39 is 23.4 Å². The summed E-state index contributed by atoms with van der Waals surface area (Å²) < 4.78 is 77.2. The average molecular weight is 467 g/mol. The number of methoxy groups -OCH3 is 1. The van der Waals surface area contributed by atoms with Gasteiger partial charge in [-0.2, -0.15) is 22.8 Å². The van der Waals surface area contributed by atoms with Gasteiger partial charge in [-0.1, -0.05) is 0 Å². The molecule has 5 rings (SSSR count). The summed E-state index contributed by atoms with van der Waals surface area (Å²) in [6.45, 7) is 0.432. The Morgan fingerprint density at radius 1 is 1.03 bits per heavy atom. The lowest BCUT2D eigenvalue weighted by Gasteiger charge is -2.35. The molecular weight excluding hydrogens is 445 g/mol. The summed E-state index contributed by atoms with van der Waals surface area (Å²) in [6, 6.07) is 2.04. The van der Waals surface area contributed by atoms with Crippen LogP contribution >= 0.6 is 0 Å². The molecule has 0 N–H and O–H groups in total. The number of benzene rings is 1. The predicted octanol–water partition coefficient (Wildman–Crippen LogP) is 4.77. The monoisotopic (exact) mass is 467 g/mol. The zero-order valence-corrected chi connectivity index (χ0v) is 17.9. The molecule has 0 amide bonds. The maximum atomic E-state index is 14.5. The van der Waals surface area contributed by atoms with E-state index in [1.54, 1.807) is 4.90 Å². The van der Waals surface area contributed by atoms with Gasteiger partial charge in [-0.05, 0) is 49.7 Å². The third-order valence-electron chi connectivity index (χ3n) is 6.47. The lowest BCUT2D eigenvalue weighted by molar-refractivity contribution is -0.136. The van der Waals surface area contributed by atoms with Gasteiger partial charge in [0.25, 0.3) is 0 Å². The number of hydrogen-bond donors (Lipinski definition) is 0. The van der Waals surface area contributed by atoms with Crippen LogP contribution in [0.4, 0.5) is 27.6 Å². The number of piperidine rings is 1. The van der Waals surface area contributed by atoms with Crippen molar-refractivity contribution in [1.82, 2.24) is 19.8 Å². The lowest BCUT2D eigenvalue weighted by atomic mass is 9.88. The zero-order valence-electron chi connectivity index (χ0n) is 17.9. The normalized spacial score (nSPS) is 17.7. The first-order chi connectivity index (χ1) is 15.8. The van der Waals surface area contributed by atoms with Gasteiger partial charge in [0.1, 0.15) is 11.4 Å². The van der Waals surface area contributed by atoms with E-state index in [2.05, 4.69) is 15.3 Å². The van der Waals surface area contributed by atoms with Gasteiger partial charge in [0.15, 0.2) is 23.0 Å². The van der Waals surface area contributed by atoms with Crippen molar-refractivity contribution in [3.05, 3.63) is 46.9 Å².